The summed E-state index contributed by atoms with van der Waals surface area (Å²) >= 11 is 6.10. The van der Waals surface area contributed by atoms with Crippen LogP contribution < -0.4 is 20.5 Å². The van der Waals surface area contributed by atoms with Crippen LogP contribution in [0.5, 0.6) is 11.5 Å². The van der Waals surface area contributed by atoms with Gasteiger partial charge in [-0.25, -0.2) is 0 Å². The topological polar surface area (TPSA) is 73.6 Å². The Morgan fingerprint density at radius 2 is 2.16 bits per heavy atom. The molecule has 0 heterocycles. The Morgan fingerprint density at radius 3 is 2.68 bits per heavy atom. The van der Waals surface area contributed by atoms with Gasteiger partial charge in [0.15, 0.2) is 11.5 Å². The van der Waals surface area contributed by atoms with E-state index < -0.39 is 0 Å². The van der Waals surface area contributed by atoms with Crippen molar-refractivity contribution in [2.45, 2.75) is 13.5 Å². The van der Waals surface area contributed by atoms with Crippen LogP contribution in [-0.2, 0) is 11.3 Å². The van der Waals surface area contributed by atoms with Gasteiger partial charge in [-0.2, -0.15) is 0 Å². The summed E-state index contributed by atoms with van der Waals surface area (Å²) in [4.78, 5) is 11.1. The van der Waals surface area contributed by atoms with Crippen molar-refractivity contribution in [3.63, 3.8) is 0 Å². The van der Waals surface area contributed by atoms with Crippen LogP contribution in [0.1, 0.15) is 12.5 Å². The van der Waals surface area contributed by atoms with Crippen LogP contribution in [0.25, 0.3) is 0 Å². The van der Waals surface area contributed by atoms with Gasteiger partial charge in [-0.1, -0.05) is 11.6 Å². The van der Waals surface area contributed by atoms with Crippen molar-refractivity contribution in [1.29, 1.82) is 0 Å². The first-order valence-corrected chi connectivity index (χ1v) is 5.96. The standard InChI is InChI=1S/C12H17ClN2O3.ClH/c1-3-18-12-9(13)4-8(5-10(12)17-2)7-15-11(16)6-14;/h4-5H,3,6-7,14H2,1-2H3,(H,15,16);1H. The number of carbonyl (C=O) groups is 1. The van der Waals surface area contributed by atoms with E-state index in [0.717, 1.165) is 5.56 Å². The molecule has 108 valence electrons. The number of amides is 1. The smallest absolute Gasteiger partial charge is 0.234 e. The summed E-state index contributed by atoms with van der Waals surface area (Å²) in [6.45, 7) is 2.67. The fourth-order valence-corrected chi connectivity index (χ4v) is 1.72. The average molecular weight is 309 g/mol. The fourth-order valence-electron chi connectivity index (χ4n) is 1.43. The molecule has 0 aliphatic carbocycles. The predicted molar refractivity (Wildman–Crippen MR) is 77.3 cm³/mol. The van der Waals surface area contributed by atoms with Crippen molar-refractivity contribution in [2.75, 3.05) is 20.3 Å². The number of hydrogen-bond acceptors (Lipinski definition) is 4. The Labute approximate surface area is 123 Å². The highest BCUT2D eigenvalue weighted by Crippen LogP contribution is 2.36. The van der Waals surface area contributed by atoms with Gasteiger partial charge in [0.2, 0.25) is 5.91 Å². The third kappa shape index (κ3) is 5.14. The van der Waals surface area contributed by atoms with Gasteiger partial charge in [-0.05, 0) is 24.6 Å². The molecule has 19 heavy (non-hydrogen) atoms. The van der Waals surface area contributed by atoms with E-state index in [1.807, 2.05) is 6.92 Å². The summed E-state index contributed by atoms with van der Waals surface area (Å²) in [6, 6.07) is 3.50. The Hall–Kier alpha value is -1.17. The minimum Gasteiger partial charge on any atom is -0.493 e. The quantitative estimate of drug-likeness (QED) is 0.839. The van der Waals surface area contributed by atoms with E-state index in [0.29, 0.717) is 29.7 Å². The number of nitrogens with two attached hydrogens (primary N) is 1. The molecule has 0 aliphatic heterocycles. The van der Waals surface area contributed by atoms with Crippen molar-refractivity contribution >= 4 is 29.9 Å². The molecule has 0 atom stereocenters. The summed E-state index contributed by atoms with van der Waals surface area (Å²) < 4.78 is 10.6. The van der Waals surface area contributed by atoms with Gasteiger partial charge >= 0.3 is 0 Å². The zero-order valence-corrected chi connectivity index (χ0v) is 12.4. The molecule has 1 aromatic carbocycles. The fraction of sp³-hybridized carbons (Fsp3) is 0.417. The van der Waals surface area contributed by atoms with E-state index in [1.165, 1.54) is 7.11 Å². The van der Waals surface area contributed by atoms with Gasteiger partial charge in [0.1, 0.15) is 0 Å². The van der Waals surface area contributed by atoms with Crippen LogP contribution in [-0.4, -0.2) is 26.2 Å². The summed E-state index contributed by atoms with van der Waals surface area (Å²) in [5.74, 6) is 0.830. The highest BCUT2D eigenvalue weighted by molar-refractivity contribution is 6.32. The number of hydrogen-bond donors (Lipinski definition) is 2. The molecule has 1 amide bonds. The molecule has 0 aromatic heterocycles. The Kier molecular flexibility index (Phi) is 8.30. The summed E-state index contributed by atoms with van der Waals surface area (Å²) in [6.07, 6.45) is 0. The van der Waals surface area contributed by atoms with Gasteiger partial charge in [0.05, 0.1) is 25.3 Å². The van der Waals surface area contributed by atoms with Crippen molar-refractivity contribution in [2.24, 2.45) is 5.73 Å². The van der Waals surface area contributed by atoms with Gasteiger partial charge in [0.25, 0.3) is 0 Å². The number of halogens is 2. The van der Waals surface area contributed by atoms with Gasteiger partial charge in [0, 0.05) is 6.54 Å². The highest BCUT2D eigenvalue weighted by Gasteiger charge is 2.11. The van der Waals surface area contributed by atoms with Gasteiger partial charge in [-0.15, -0.1) is 12.4 Å². The molecule has 3 N–H and O–H groups in total. The van der Waals surface area contributed by atoms with Crippen LogP contribution in [0.4, 0.5) is 0 Å². The minimum atomic E-state index is -0.223. The lowest BCUT2D eigenvalue weighted by Crippen LogP contribution is -2.29. The number of rotatable bonds is 6. The van der Waals surface area contributed by atoms with Crippen molar-refractivity contribution in [1.82, 2.24) is 5.32 Å². The third-order valence-corrected chi connectivity index (χ3v) is 2.53. The van der Waals surface area contributed by atoms with Crippen LogP contribution in [0.15, 0.2) is 12.1 Å². The minimum absolute atomic E-state index is 0. The molecule has 0 aliphatic rings. The molecule has 0 fully saturated rings. The number of carbonyl (C=O) groups excluding carboxylic acids is 1. The van der Waals surface area contributed by atoms with E-state index in [9.17, 15) is 4.79 Å². The maximum absolute atomic E-state index is 11.1. The molecular weight excluding hydrogens is 291 g/mol. The van der Waals surface area contributed by atoms with E-state index in [1.54, 1.807) is 12.1 Å². The van der Waals surface area contributed by atoms with Crippen molar-refractivity contribution in [3.05, 3.63) is 22.7 Å². The normalized spacial score (nSPS) is 9.47. The average Bonchev–Trinajstić information content (AvgIpc) is 2.38. The first kappa shape index (κ1) is 17.8. The zero-order chi connectivity index (χ0) is 13.5. The number of nitrogens with one attached hydrogen (secondary N) is 1. The Bertz CT molecular complexity index is 428. The zero-order valence-electron chi connectivity index (χ0n) is 10.9. The molecule has 7 heteroatoms. The maximum Gasteiger partial charge on any atom is 0.234 e. The van der Waals surface area contributed by atoms with Crippen molar-refractivity contribution < 1.29 is 14.3 Å². The van der Waals surface area contributed by atoms with E-state index in [-0.39, 0.29) is 24.9 Å². The first-order chi connectivity index (χ1) is 8.62. The van der Waals surface area contributed by atoms with Crippen LogP contribution in [0.3, 0.4) is 0 Å². The van der Waals surface area contributed by atoms with E-state index in [4.69, 9.17) is 26.8 Å². The molecular formula is C12H18Cl2N2O3. The third-order valence-electron chi connectivity index (χ3n) is 2.25. The molecule has 0 unspecified atom stereocenters. The van der Waals surface area contributed by atoms with E-state index in [2.05, 4.69) is 5.32 Å². The maximum atomic E-state index is 11.1. The number of methoxy groups -OCH3 is 1. The molecule has 0 radical (unpaired) electrons. The lowest BCUT2D eigenvalue weighted by molar-refractivity contribution is -0.119. The lowest BCUT2D eigenvalue weighted by atomic mass is 10.2. The summed E-state index contributed by atoms with van der Waals surface area (Å²) in [5.41, 5.74) is 6.02. The predicted octanol–water partition coefficient (Wildman–Crippen LogP) is 1.74. The van der Waals surface area contributed by atoms with Crippen LogP contribution >= 0.6 is 24.0 Å². The number of ether oxygens (including phenoxy) is 2. The van der Waals surface area contributed by atoms with Gasteiger partial charge in [-0.3, -0.25) is 4.79 Å². The van der Waals surface area contributed by atoms with E-state index >= 15 is 0 Å². The Balaban J connectivity index is 0.00000324. The monoisotopic (exact) mass is 308 g/mol. The lowest BCUT2D eigenvalue weighted by Gasteiger charge is -2.13. The second kappa shape index (κ2) is 8.85. The Morgan fingerprint density at radius 1 is 1.47 bits per heavy atom. The number of benzene rings is 1. The second-order valence-corrected chi connectivity index (χ2v) is 3.93. The summed E-state index contributed by atoms with van der Waals surface area (Å²) in [5, 5.41) is 3.11. The molecule has 1 aromatic rings. The second-order valence-electron chi connectivity index (χ2n) is 3.52. The molecule has 5 nitrogen and oxygen atoms in total. The van der Waals surface area contributed by atoms with Crippen LogP contribution in [0.2, 0.25) is 5.02 Å². The summed E-state index contributed by atoms with van der Waals surface area (Å²) in [7, 11) is 1.54. The highest BCUT2D eigenvalue weighted by atomic mass is 35.5. The SMILES string of the molecule is CCOc1c(Cl)cc(CNC(=O)CN)cc1OC.Cl. The first-order valence-electron chi connectivity index (χ1n) is 5.58. The molecule has 0 saturated heterocycles. The molecule has 0 saturated carbocycles. The molecule has 0 spiro atoms. The van der Waals surface area contributed by atoms with Crippen molar-refractivity contribution in [3.8, 4) is 11.5 Å². The molecule has 0 bridgehead atoms. The van der Waals surface area contributed by atoms with Crippen LogP contribution in [0, 0.1) is 0 Å². The molecule has 1 rings (SSSR count). The van der Waals surface area contributed by atoms with Gasteiger partial charge < -0.3 is 20.5 Å². The largest absolute Gasteiger partial charge is 0.493 e.